The second-order valence-corrected chi connectivity index (χ2v) is 7.05. The Morgan fingerprint density at radius 1 is 1.52 bits per heavy atom. The molecule has 1 aliphatic heterocycles. The Labute approximate surface area is 150 Å². The van der Waals surface area contributed by atoms with Gasteiger partial charge in [0, 0.05) is 12.4 Å². The maximum absolute atomic E-state index is 12.4. The van der Waals surface area contributed by atoms with E-state index in [9.17, 15) is 9.59 Å². The lowest BCUT2D eigenvalue weighted by molar-refractivity contribution is -0.117. The quantitative estimate of drug-likeness (QED) is 0.772. The van der Waals surface area contributed by atoms with E-state index in [0.29, 0.717) is 23.0 Å². The minimum atomic E-state index is -0.345. The van der Waals surface area contributed by atoms with Gasteiger partial charge in [-0.3, -0.25) is 9.69 Å². The molecule has 2 aromatic rings. The van der Waals surface area contributed by atoms with Gasteiger partial charge >= 0.3 is 5.97 Å². The lowest BCUT2D eigenvalue weighted by Gasteiger charge is -2.21. The molecule has 0 saturated carbocycles. The number of carbonyl (C=O) groups is 2. The summed E-state index contributed by atoms with van der Waals surface area (Å²) in [5, 5.41) is 3.56. The molecule has 1 atom stereocenters. The molecule has 0 unspecified atom stereocenters. The van der Waals surface area contributed by atoms with E-state index in [1.807, 2.05) is 13.0 Å². The Bertz CT molecular complexity index is 741. The molecule has 3 rings (SSSR count). The summed E-state index contributed by atoms with van der Waals surface area (Å²) in [6.07, 6.45) is 5.57. The average Bonchev–Trinajstić information content (AvgIpc) is 3.28. The number of likely N-dealkylation sites (tertiary alicyclic amines) is 1. The summed E-state index contributed by atoms with van der Waals surface area (Å²) in [5.74, 6) is 0.472. The topological polar surface area (TPSA) is 87.3 Å². The minimum Gasteiger partial charge on any atom is -0.462 e. The number of aromatic nitrogens is 2. The van der Waals surface area contributed by atoms with Crippen LogP contribution in [0.2, 0.25) is 0 Å². The van der Waals surface area contributed by atoms with E-state index in [2.05, 4.69) is 20.2 Å². The molecule has 1 saturated heterocycles. The van der Waals surface area contributed by atoms with Gasteiger partial charge < -0.3 is 15.0 Å². The molecular formula is C17H22N4O3S. The zero-order valence-electron chi connectivity index (χ0n) is 14.4. The van der Waals surface area contributed by atoms with Gasteiger partial charge in [0.05, 0.1) is 24.2 Å². The molecule has 2 N–H and O–H groups in total. The van der Waals surface area contributed by atoms with E-state index in [1.54, 1.807) is 19.3 Å². The van der Waals surface area contributed by atoms with Gasteiger partial charge in [0.1, 0.15) is 10.7 Å². The first-order chi connectivity index (χ1) is 12.1. The first-order valence-corrected chi connectivity index (χ1v) is 9.21. The smallest absolute Gasteiger partial charge is 0.348 e. The molecule has 134 valence electrons. The van der Waals surface area contributed by atoms with Crippen LogP contribution in [0.4, 0.5) is 5.00 Å². The molecule has 1 amide bonds. The maximum Gasteiger partial charge on any atom is 0.348 e. The van der Waals surface area contributed by atoms with Crippen LogP contribution in [0.3, 0.4) is 0 Å². The van der Waals surface area contributed by atoms with Crippen molar-refractivity contribution in [3.05, 3.63) is 34.7 Å². The largest absolute Gasteiger partial charge is 0.462 e. The molecule has 0 bridgehead atoms. The van der Waals surface area contributed by atoms with Crippen LogP contribution in [-0.4, -0.2) is 46.4 Å². The molecular weight excluding hydrogens is 340 g/mol. The second-order valence-electron chi connectivity index (χ2n) is 5.99. The van der Waals surface area contributed by atoms with Gasteiger partial charge in [0.25, 0.3) is 0 Å². The number of ether oxygens (including phenoxy) is 1. The molecule has 7 nitrogen and oxygen atoms in total. The fraction of sp³-hybridized carbons (Fsp3) is 0.471. The van der Waals surface area contributed by atoms with Crippen LogP contribution in [0.1, 0.15) is 46.9 Å². The molecule has 8 heteroatoms. The highest BCUT2D eigenvalue weighted by Gasteiger charge is 2.29. The van der Waals surface area contributed by atoms with Gasteiger partial charge in [-0.05, 0) is 44.9 Å². The summed E-state index contributed by atoms with van der Waals surface area (Å²) in [4.78, 5) is 34.4. The molecule has 3 heterocycles. The van der Waals surface area contributed by atoms with Gasteiger partial charge in [-0.25, -0.2) is 9.78 Å². The summed E-state index contributed by atoms with van der Waals surface area (Å²) >= 11 is 1.25. The number of hydrogen-bond donors (Lipinski definition) is 2. The van der Waals surface area contributed by atoms with Crippen LogP contribution < -0.4 is 5.32 Å². The van der Waals surface area contributed by atoms with Crippen LogP contribution in [-0.2, 0) is 9.53 Å². The number of aromatic amines is 1. The predicted molar refractivity (Wildman–Crippen MR) is 95.8 cm³/mol. The number of nitrogens with zero attached hydrogens (tertiary/aromatic N) is 2. The highest BCUT2D eigenvalue weighted by atomic mass is 32.1. The Morgan fingerprint density at radius 3 is 3.08 bits per heavy atom. The van der Waals surface area contributed by atoms with Crippen LogP contribution >= 0.6 is 11.3 Å². The molecule has 0 aromatic carbocycles. The molecule has 0 spiro atoms. The first kappa shape index (κ1) is 17.6. The van der Waals surface area contributed by atoms with Crippen molar-refractivity contribution in [2.45, 2.75) is 32.7 Å². The van der Waals surface area contributed by atoms with E-state index in [1.165, 1.54) is 11.3 Å². The first-order valence-electron chi connectivity index (χ1n) is 8.39. The van der Waals surface area contributed by atoms with Crippen LogP contribution in [0.15, 0.2) is 18.5 Å². The van der Waals surface area contributed by atoms with Crippen molar-refractivity contribution >= 4 is 28.2 Å². The Balaban J connectivity index is 1.61. The van der Waals surface area contributed by atoms with E-state index in [-0.39, 0.29) is 17.9 Å². The zero-order chi connectivity index (χ0) is 17.8. The van der Waals surface area contributed by atoms with E-state index >= 15 is 0 Å². The number of H-pyrrole nitrogens is 1. The highest BCUT2D eigenvalue weighted by molar-refractivity contribution is 7.18. The summed E-state index contributed by atoms with van der Waals surface area (Å²) in [5.41, 5.74) is 0.813. The lowest BCUT2D eigenvalue weighted by Crippen LogP contribution is -2.33. The summed E-state index contributed by atoms with van der Waals surface area (Å²) in [6.45, 7) is 5.12. The lowest BCUT2D eigenvalue weighted by atomic mass is 10.2. The van der Waals surface area contributed by atoms with Gasteiger partial charge in [0.2, 0.25) is 5.91 Å². The Kier molecular flexibility index (Phi) is 5.50. The molecule has 2 aromatic heterocycles. The number of carbonyl (C=O) groups excluding carboxylic acids is 2. The Morgan fingerprint density at radius 2 is 2.36 bits per heavy atom. The summed E-state index contributed by atoms with van der Waals surface area (Å²) in [7, 11) is 0. The highest BCUT2D eigenvalue weighted by Crippen LogP contribution is 2.30. The van der Waals surface area contributed by atoms with E-state index in [4.69, 9.17) is 4.74 Å². The van der Waals surface area contributed by atoms with Gasteiger partial charge in [-0.15, -0.1) is 11.3 Å². The third-order valence-corrected chi connectivity index (χ3v) is 5.32. The molecule has 25 heavy (non-hydrogen) atoms. The van der Waals surface area contributed by atoms with Crippen molar-refractivity contribution in [3.63, 3.8) is 0 Å². The SMILES string of the molecule is CCOC(=O)c1sc(NC(=O)CN2CCC[C@@H]2c2ncc[nH]2)cc1C. The number of aryl methyl sites for hydroxylation is 1. The van der Waals surface area contributed by atoms with Crippen molar-refractivity contribution in [1.29, 1.82) is 0 Å². The zero-order valence-corrected chi connectivity index (χ0v) is 15.2. The van der Waals surface area contributed by atoms with Crippen LogP contribution in [0.25, 0.3) is 0 Å². The number of hydrogen-bond acceptors (Lipinski definition) is 6. The van der Waals surface area contributed by atoms with Crippen molar-refractivity contribution in [1.82, 2.24) is 14.9 Å². The summed E-state index contributed by atoms with van der Waals surface area (Å²) in [6, 6.07) is 1.96. The normalized spacial score (nSPS) is 17.6. The molecule has 1 fully saturated rings. The number of rotatable bonds is 6. The van der Waals surface area contributed by atoms with E-state index < -0.39 is 0 Å². The van der Waals surface area contributed by atoms with Gasteiger partial charge in [0.15, 0.2) is 0 Å². The maximum atomic E-state index is 12.4. The van der Waals surface area contributed by atoms with Crippen molar-refractivity contribution in [3.8, 4) is 0 Å². The fourth-order valence-electron chi connectivity index (χ4n) is 3.09. The monoisotopic (exact) mass is 362 g/mol. The molecule has 1 aliphatic rings. The van der Waals surface area contributed by atoms with Gasteiger partial charge in [-0.1, -0.05) is 0 Å². The summed E-state index contributed by atoms with van der Waals surface area (Å²) < 4.78 is 5.03. The third kappa shape index (κ3) is 4.08. The number of thiophene rings is 1. The minimum absolute atomic E-state index is 0.0879. The predicted octanol–water partition coefficient (Wildman–Crippen LogP) is 2.73. The molecule has 0 radical (unpaired) electrons. The number of esters is 1. The average molecular weight is 362 g/mol. The van der Waals surface area contributed by atoms with Crippen molar-refractivity contribution in [2.24, 2.45) is 0 Å². The van der Waals surface area contributed by atoms with Gasteiger partial charge in [-0.2, -0.15) is 0 Å². The molecule has 0 aliphatic carbocycles. The van der Waals surface area contributed by atoms with Crippen LogP contribution in [0.5, 0.6) is 0 Å². The fourth-order valence-corrected chi connectivity index (χ4v) is 4.07. The number of imidazole rings is 1. The third-order valence-electron chi connectivity index (χ3n) is 4.19. The number of nitrogens with one attached hydrogen (secondary N) is 2. The Hall–Kier alpha value is -2.19. The van der Waals surface area contributed by atoms with E-state index in [0.717, 1.165) is 30.8 Å². The number of amides is 1. The van der Waals surface area contributed by atoms with Crippen LogP contribution in [0, 0.1) is 6.92 Å². The number of anilines is 1. The second kappa shape index (κ2) is 7.79. The van der Waals surface area contributed by atoms with Crippen molar-refractivity contribution < 1.29 is 14.3 Å². The standard InChI is InChI=1S/C17H22N4O3S/c1-3-24-17(23)15-11(2)9-14(25-15)20-13(22)10-21-8-4-5-12(21)16-18-6-7-19-16/h6-7,9,12H,3-5,8,10H2,1-2H3,(H,18,19)(H,20,22)/t12-/m1/s1. The van der Waals surface area contributed by atoms with Crippen molar-refractivity contribution in [2.75, 3.05) is 25.0 Å².